The molecule has 11 aromatic rings. The van der Waals surface area contributed by atoms with Crippen molar-refractivity contribution in [2.24, 2.45) is 0 Å². The number of nitrogens with zero attached hydrogens (tertiary/aromatic N) is 2. The first-order valence-electron chi connectivity index (χ1n) is 21.1. The summed E-state index contributed by atoms with van der Waals surface area (Å²) < 4.78 is 11.5. The highest BCUT2D eigenvalue weighted by Crippen LogP contribution is 2.53. The number of benzene rings is 8. The molecule has 1 atom stereocenters. The minimum absolute atomic E-state index is 0.181. The molecule has 8 aromatic carbocycles. The van der Waals surface area contributed by atoms with Crippen molar-refractivity contribution in [3.8, 4) is 39.1 Å². The smallest absolute Gasteiger partial charge is 0.143 e. The van der Waals surface area contributed by atoms with Crippen LogP contribution in [-0.2, 0) is 5.41 Å². The van der Waals surface area contributed by atoms with Crippen LogP contribution in [0.2, 0.25) is 0 Å². The molecule has 2 aliphatic carbocycles. The molecule has 0 aliphatic heterocycles. The summed E-state index contributed by atoms with van der Waals surface area (Å²) in [5.74, 6) is 0. The molecule has 60 heavy (non-hydrogen) atoms. The molecule has 0 saturated heterocycles. The number of para-hydroxylation sites is 3. The topological polar surface area (TPSA) is 23.0 Å². The minimum Gasteiger partial charge on any atom is -0.455 e. The molecule has 0 fully saturated rings. The predicted molar refractivity (Wildman–Crippen MR) is 251 cm³/mol. The molecule has 0 bridgehead atoms. The number of aromatic nitrogens is 2. The monoisotopic (exact) mass is 768 g/mol. The fourth-order valence-electron chi connectivity index (χ4n) is 10.9. The predicted octanol–water partition coefficient (Wildman–Crippen LogP) is 15.5. The standard InChI is InChI=1S/C57H40N2O/c1-57(2)49-20-9-6-15-41(49)44-29-30-45-48-34-37(36-25-31-51-47(33-36)42-16-7-10-21-50(42)58(51)38-13-4-3-5-14-38)26-32-52(48)59(55(45)54(44)57)39-27-23-35(24-28-39)40-18-12-19-46-43-17-8-11-22-53(43)60-56(40)46/h3-13,15-34,38H,14H2,1-2H3. The van der Waals surface area contributed by atoms with Crippen LogP contribution in [0, 0.1) is 0 Å². The third-order valence-corrected chi connectivity index (χ3v) is 13.6. The van der Waals surface area contributed by atoms with Crippen LogP contribution in [-0.4, -0.2) is 9.13 Å². The van der Waals surface area contributed by atoms with Gasteiger partial charge in [-0.3, -0.25) is 0 Å². The van der Waals surface area contributed by atoms with Crippen molar-refractivity contribution in [3.63, 3.8) is 0 Å². The largest absolute Gasteiger partial charge is 0.455 e. The third-order valence-electron chi connectivity index (χ3n) is 13.6. The number of fused-ring (bicyclic) bond motifs is 13. The number of furan rings is 1. The summed E-state index contributed by atoms with van der Waals surface area (Å²) >= 11 is 0. The van der Waals surface area contributed by atoms with Crippen LogP contribution < -0.4 is 0 Å². The fourth-order valence-corrected chi connectivity index (χ4v) is 10.9. The van der Waals surface area contributed by atoms with Crippen LogP contribution in [0.5, 0.6) is 0 Å². The number of hydrogen-bond donors (Lipinski definition) is 0. The van der Waals surface area contributed by atoms with Gasteiger partial charge in [0.05, 0.1) is 17.1 Å². The van der Waals surface area contributed by atoms with E-state index < -0.39 is 0 Å². The molecule has 0 spiro atoms. The van der Waals surface area contributed by atoms with Crippen molar-refractivity contribution in [2.45, 2.75) is 31.7 Å². The fraction of sp³-hybridized carbons (Fsp3) is 0.0877. The van der Waals surface area contributed by atoms with Gasteiger partial charge in [-0.15, -0.1) is 0 Å². The van der Waals surface area contributed by atoms with Crippen LogP contribution in [0.15, 0.2) is 193 Å². The molecule has 0 amide bonds. The van der Waals surface area contributed by atoms with E-state index >= 15 is 0 Å². The van der Waals surface area contributed by atoms with E-state index in [0.717, 1.165) is 45.2 Å². The quantitative estimate of drug-likeness (QED) is 0.175. The maximum atomic E-state index is 6.47. The lowest BCUT2D eigenvalue weighted by Gasteiger charge is -2.23. The first-order chi connectivity index (χ1) is 29.5. The second-order valence-electron chi connectivity index (χ2n) is 17.2. The van der Waals surface area contributed by atoms with Crippen LogP contribution in [0.4, 0.5) is 0 Å². The maximum absolute atomic E-state index is 6.47. The molecule has 0 N–H and O–H groups in total. The van der Waals surface area contributed by atoms with Crippen molar-refractivity contribution in [2.75, 3.05) is 0 Å². The summed E-state index contributed by atoms with van der Waals surface area (Å²) in [5.41, 5.74) is 18.0. The Morgan fingerprint density at radius 1 is 0.517 bits per heavy atom. The zero-order valence-electron chi connectivity index (χ0n) is 33.5. The Kier molecular flexibility index (Phi) is 6.90. The summed E-state index contributed by atoms with van der Waals surface area (Å²) in [6.07, 6.45) is 9.94. The van der Waals surface area contributed by atoms with Gasteiger partial charge in [-0.05, 0) is 93.9 Å². The van der Waals surface area contributed by atoms with Gasteiger partial charge in [0.15, 0.2) is 0 Å². The molecular weight excluding hydrogens is 729 g/mol. The van der Waals surface area contributed by atoms with Gasteiger partial charge in [0.1, 0.15) is 11.2 Å². The highest BCUT2D eigenvalue weighted by Gasteiger charge is 2.38. The highest BCUT2D eigenvalue weighted by atomic mass is 16.3. The third kappa shape index (κ3) is 4.60. The molecule has 3 nitrogen and oxygen atoms in total. The number of hydrogen-bond acceptors (Lipinski definition) is 1. The van der Waals surface area contributed by atoms with Gasteiger partial charge in [0.2, 0.25) is 0 Å². The molecule has 284 valence electrons. The first-order valence-corrected chi connectivity index (χ1v) is 21.1. The molecule has 3 heterocycles. The van der Waals surface area contributed by atoms with Gasteiger partial charge in [-0.2, -0.15) is 0 Å². The lowest BCUT2D eigenvalue weighted by Crippen LogP contribution is -2.16. The Morgan fingerprint density at radius 3 is 2.03 bits per heavy atom. The van der Waals surface area contributed by atoms with E-state index in [0.29, 0.717) is 6.04 Å². The van der Waals surface area contributed by atoms with Gasteiger partial charge >= 0.3 is 0 Å². The van der Waals surface area contributed by atoms with Crippen LogP contribution >= 0.6 is 0 Å². The van der Waals surface area contributed by atoms with Gasteiger partial charge in [-0.25, -0.2) is 0 Å². The van der Waals surface area contributed by atoms with E-state index in [2.05, 4.69) is 205 Å². The van der Waals surface area contributed by atoms with Crippen LogP contribution in [0.25, 0.3) is 105 Å². The van der Waals surface area contributed by atoms with Gasteiger partial charge in [0.25, 0.3) is 0 Å². The summed E-state index contributed by atoms with van der Waals surface area (Å²) in [6.45, 7) is 4.79. The molecule has 0 radical (unpaired) electrons. The molecule has 1 unspecified atom stereocenters. The highest BCUT2D eigenvalue weighted by molar-refractivity contribution is 6.15. The van der Waals surface area contributed by atoms with Crippen LogP contribution in [0.3, 0.4) is 0 Å². The minimum atomic E-state index is -0.181. The molecule has 3 aromatic heterocycles. The zero-order chi connectivity index (χ0) is 39.7. The SMILES string of the molecule is CC1(C)c2ccccc2-c2ccc3c4cc(-c5ccc6c(c5)c5ccccc5n6C5C=CC=CC5)ccc4n(-c4ccc(-c5cccc6c5oc5ccccc56)cc4)c3c21. The molecule has 2 aliphatic rings. The summed E-state index contributed by atoms with van der Waals surface area (Å²) in [7, 11) is 0. The lowest BCUT2D eigenvalue weighted by molar-refractivity contribution is 0.648. The van der Waals surface area contributed by atoms with Crippen LogP contribution in [0.1, 0.15) is 37.4 Å². The Hall–Kier alpha value is -7.36. The summed E-state index contributed by atoms with van der Waals surface area (Å²) in [4.78, 5) is 0. The van der Waals surface area contributed by atoms with E-state index in [4.69, 9.17) is 4.42 Å². The Labute approximate surface area is 347 Å². The zero-order valence-corrected chi connectivity index (χ0v) is 33.5. The van der Waals surface area contributed by atoms with Crippen molar-refractivity contribution >= 4 is 65.6 Å². The van der Waals surface area contributed by atoms with Crippen molar-refractivity contribution in [3.05, 3.63) is 199 Å². The maximum Gasteiger partial charge on any atom is 0.143 e. The average Bonchev–Trinajstić information content (AvgIpc) is 4.01. The molecular formula is C57H40N2O. The summed E-state index contributed by atoms with van der Waals surface area (Å²) in [5, 5.41) is 7.42. The van der Waals surface area contributed by atoms with Gasteiger partial charge < -0.3 is 13.6 Å². The molecule has 3 heteroatoms. The number of allylic oxidation sites excluding steroid dienone is 4. The second kappa shape index (κ2) is 12.3. The van der Waals surface area contributed by atoms with Crippen molar-refractivity contribution in [1.29, 1.82) is 0 Å². The Morgan fingerprint density at radius 2 is 1.20 bits per heavy atom. The van der Waals surface area contributed by atoms with E-state index in [1.54, 1.807) is 0 Å². The van der Waals surface area contributed by atoms with Crippen molar-refractivity contribution in [1.82, 2.24) is 9.13 Å². The first kappa shape index (κ1) is 33.6. The lowest BCUT2D eigenvalue weighted by atomic mass is 9.81. The molecule has 13 rings (SSSR count). The second-order valence-corrected chi connectivity index (χ2v) is 17.2. The Balaban J connectivity index is 1.01. The summed E-state index contributed by atoms with van der Waals surface area (Å²) in [6, 6.07) is 61.0. The van der Waals surface area contributed by atoms with E-state index in [1.165, 1.54) is 77.0 Å². The van der Waals surface area contributed by atoms with Crippen molar-refractivity contribution < 1.29 is 4.42 Å². The molecule has 0 saturated carbocycles. The van der Waals surface area contributed by atoms with E-state index in [1.807, 2.05) is 6.07 Å². The van der Waals surface area contributed by atoms with Gasteiger partial charge in [0, 0.05) is 60.0 Å². The van der Waals surface area contributed by atoms with Gasteiger partial charge in [-0.1, -0.05) is 153 Å². The van der Waals surface area contributed by atoms with E-state index in [9.17, 15) is 0 Å². The average molecular weight is 769 g/mol. The number of rotatable bonds is 4. The Bertz CT molecular complexity index is 3660. The van der Waals surface area contributed by atoms with E-state index in [-0.39, 0.29) is 5.41 Å². The normalized spacial score (nSPS) is 15.6.